The average Bonchev–Trinajstić information content (AvgIpc) is 3.07. The van der Waals surface area contributed by atoms with Gasteiger partial charge >= 0.3 is 0 Å². The maximum absolute atomic E-state index is 7.31. The molecule has 2 radical (unpaired) electrons. The van der Waals surface area contributed by atoms with Crippen LogP contribution in [0.4, 0.5) is 0 Å². The largest absolute Gasteiger partial charge is 0.493 e. The summed E-state index contributed by atoms with van der Waals surface area (Å²) in [5.41, 5.74) is 0. The first-order chi connectivity index (χ1) is 20.9. The smallest absolute Gasteiger partial charge is 0.272 e. The predicted molar refractivity (Wildman–Crippen MR) is 169 cm³/mol. The molecule has 0 saturated heterocycles. The van der Waals surface area contributed by atoms with Crippen LogP contribution in [0.1, 0.15) is 0 Å². The quantitative estimate of drug-likeness (QED) is 0.198. The Morgan fingerprint density at radius 1 is 0.302 bits per heavy atom. The van der Waals surface area contributed by atoms with Crippen LogP contribution in [0.5, 0.6) is 46.0 Å². The number of rotatable bonds is 14. The Balaban J connectivity index is 1.94. The summed E-state index contributed by atoms with van der Waals surface area (Å²) in [5, 5.41) is 3.83. The van der Waals surface area contributed by atoms with E-state index in [0.29, 0.717) is 46.0 Å². The minimum absolute atomic E-state index is 0.609. The van der Waals surface area contributed by atoms with Gasteiger partial charge in [0.2, 0.25) is 0 Å². The van der Waals surface area contributed by atoms with E-state index in [2.05, 4.69) is 0 Å². The van der Waals surface area contributed by atoms with Crippen molar-refractivity contribution in [2.45, 2.75) is 0 Å². The molecule has 0 aliphatic carbocycles. The first-order valence-electron chi connectivity index (χ1n) is 13.3. The fraction of sp³-hybridized carbons (Fsp3) is 0.250. The van der Waals surface area contributed by atoms with Gasteiger partial charge in [-0.2, -0.15) is 0 Å². The van der Waals surface area contributed by atoms with Gasteiger partial charge < -0.3 is 42.0 Å². The van der Waals surface area contributed by atoms with Gasteiger partial charge in [0, 0.05) is 0 Å². The lowest BCUT2D eigenvalue weighted by atomic mass is 10.3. The zero-order valence-electron chi connectivity index (χ0n) is 25.6. The monoisotopic (exact) mass is 620 g/mol. The summed E-state index contributed by atoms with van der Waals surface area (Å²) in [6.07, 6.45) is 0. The third kappa shape index (κ3) is 6.85. The molecule has 0 aliphatic rings. The normalized spacial score (nSPS) is 10.8. The summed E-state index contributed by atoms with van der Waals surface area (Å²) in [4.78, 5) is 0. The van der Waals surface area contributed by atoms with Crippen molar-refractivity contribution >= 4 is 38.8 Å². The van der Waals surface area contributed by atoms with Crippen LogP contribution < -0.4 is 58.6 Å². The van der Waals surface area contributed by atoms with Crippen LogP contribution in [-0.4, -0.2) is 75.0 Å². The third-order valence-corrected chi connectivity index (χ3v) is 11.8. The Labute approximate surface area is 256 Å². The molecule has 0 N–H and O–H groups in total. The third-order valence-electron chi connectivity index (χ3n) is 6.79. The van der Waals surface area contributed by atoms with Gasteiger partial charge in [0.15, 0.2) is 46.0 Å². The highest BCUT2D eigenvalue weighted by molar-refractivity contribution is 6.92. The Morgan fingerprint density at radius 3 is 0.698 bits per heavy atom. The van der Waals surface area contributed by atoms with Gasteiger partial charge in [-0.1, -0.05) is 24.3 Å². The molecular formula is C32H36O9Si2. The molecule has 0 unspecified atom stereocenters. The topological polar surface area (TPSA) is 83.1 Å². The minimum atomic E-state index is -1.94. The molecular weight excluding hydrogens is 585 g/mol. The molecule has 0 aromatic heterocycles. The van der Waals surface area contributed by atoms with Gasteiger partial charge in [0.05, 0.1) is 56.9 Å². The van der Waals surface area contributed by atoms with E-state index in [1.165, 1.54) is 0 Å². The van der Waals surface area contributed by atoms with E-state index in [0.717, 1.165) is 20.7 Å². The number of methoxy groups -OCH3 is 8. The van der Waals surface area contributed by atoms with Crippen LogP contribution >= 0.6 is 0 Å². The fourth-order valence-corrected chi connectivity index (χ4v) is 9.94. The van der Waals surface area contributed by atoms with Crippen LogP contribution in [0.2, 0.25) is 0 Å². The van der Waals surface area contributed by atoms with E-state index in [1.54, 1.807) is 56.9 Å². The lowest BCUT2D eigenvalue weighted by Gasteiger charge is -2.25. The second-order valence-corrected chi connectivity index (χ2v) is 13.5. The zero-order chi connectivity index (χ0) is 30.9. The molecule has 0 atom stereocenters. The van der Waals surface area contributed by atoms with Crippen LogP contribution in [0.3, 0.4) is 0 Å². The van der Waals surface area contributed by atoms with Crippen LogP contribution in [-0.2, 0) is 4.12 Å². The van der Waals surface area contributed by atoms with Crippen molar-refractivity contribution in [3.63, 3.8) is 0 Å². The molecule has 4 aromatic carbocycles. The molecule has 43 heavy (non-hydrogen) atoms. The number of benzene rings is 4. The second kappa shape index (κ2) is 14.7. The summed E-state index contributed by atoms with van der Waals surface area (Å²) in [5.74, 6) is 4.95. The van der Waals surface area contributed by atoms with E-state index in [1.807, 2.05) is 72.8 Å². The molecule has 0 heterocycles. The molecule has 0 amide bonds. The number of hydrogen-bond acceptors (Lipinski definition) is 9. The highest BCUT2D eigenvalue weighted by Crippen LogP contribution is 2.29. The average molecular weight is 621 g/mol. The van der Waals surface area contributed by atoms with Crippen molar-refractivity contribution < 1.29 is 42.0 Å². The summed E-state index contributed by atoms with van der Waals surface area (Å²) >= 11 is 0. The minimum Gasteiger partial charge on any atom is -0.493 e. The highest BCUT2D eigenvalue weighted by Gasteiger charge is 2.31. The molecule has 4 aromatic rings. The van der Waals surface area contributed by atoms with E-state index < -0.39 is 18.1 Å². The van der Waals surface area contributed by atoms with Crippen LogP contribution in [0, 0.1) is 0 Å². The molecule has 0 fully saturated rings. The molecule has 9 nitrogen and oxygen atoms in total. The van der Waals surface area contributed by atoms with Crippen molar-refractivity contribution in [1.82, 2.24) is 0 Å². The van der Waals surface area contributed by atoms with Gasteiger partial charge in [0.25, 0.3) is 18.1 Å². The van der Waals surface area contributed by atoms with E-state index in [9.17, 15) is 0 Å². The summed E-state index contributed by atoms with van der Waals surface area (Å²) < 4.78 is 52.1. The molecule has 0 bridgehead atoms. The standard InChI is InChI=1S/C32H36O9Si2/c1-33-25-13-9-21(17-29(25)37-5)42(22-10-14-26(34-2)30(18-22)38-6)41-43(23-11-15-27(35-3)31(19-23)39-7)24-12-16-28(36-4)32(20-24)40-8/h9-20H,1-8H3. The molecule has 0 aliphatic heterocycles. The van der Waals surface area contributed by atoms with Crippen molar-refractivity contribution in [2.75, 3.05) is 56.9 Å². The maximum atomic E-state index is 7.31. The van der Waals surface area contributed by atoms with Crippen molar-refractivity contribution in [2.24, 2.45) is 0 Å². The first kappa shape index (κ1) is 31.6. The van der Waals surface area contributed by atoms with Gasteiger partial charge in [0.1, 0.15) is 0 Å². The summed E-state index contributed by atoms with van der Waals surface area (Å²) in [7, 11) is 9.04. The number of hydrogen-bond donors (Lipinski definition) is 0. The van der Waals surface area contributed by atoms with Gasteiger partial charge in [-0.3, -0.25) is 0 Å². The van der Waals surface area contributed by atoms with Gasteiger partial charge in [-0.15, -0.1) is 0 Å². The Kier molecular flexibility index (Phi) is 10.8. The predicted octanol–water partition coefficient (Wildman–Crippen LogP) is 2.68. The van der Waals surface area contributed by atoms with Crippen LogP contribution in [0.15, 0.2) is 72.8 Å². The SMILES string of the molecule is COc1ccc([Si](O[Si](c2ccc(OC)c(OC)c2)c2ccc(OC)c(OC)c2)c2ccc(OC)c(OC)c2)cc1OC. The Bertz CT molecular complexity index is 1310. The molecule has 4 rings (SSSR count). The zero-order valence-corrected chi connectivity index (χ0v) is 27.6. The first-order valence-corrected chi connectivity index (χ1v) is 16.1. The van der Waals surface area contributed by atoms with Crippen molar-refractivity contribution in [3.05, 3.63) is 72.8 Å². The maximum Gasteiger partial charge on any atom is 0.272 e. The van der Waals surface area contributed by atoms with Crippen molar-refractivity contribution in [3.8, 4) is 46.0 Å². The Hall–Kier alpha value is -4.33. The van der Waals surface area contributed by atoms with E-state index in [4.69, 9.17) is 42.0 Å². The lowest BCUT2D eigenvalue weighted by molar-refractivity contribution is 0.355. The van der Waals surface area contributed by atoms with E-state index >= 15 is 0 Å². The second-order valence-electron chi connectivity index (χ2n) is 9.04. The lowest BCUT2D eigenvalue weighted by Crippen LogP contribution is -2.56. The van der Waals surface area contributed by atoms with Crippen molar-refractivity contribution in [1.29, 1.82) is 0 Å². The van der Waals surface area contributed by atoms with Gasteiger partial charge in [-0.25, -0.2) is 0 Å². The highest BCUT2D eigenvalue weighted by atomic mass is 28.4. The summed E-state index contributed by atoms with van der Waals surface area (Å²) in [6, 6.07) is 23.5. The molecule has 11 heteroatoms. The van der Waals surface area contributed by atoms with Gasteiger partial charge in [-0.05, 0) is 69.3 Å². The number of ether oxygens (including phenoxy) is 8. The van der Waals surface area contributed by atoms with E-state index in [-0.39, 0.29) is 0 Å². The Morgan fingerprint density at radius 2 is 0.512 bits per heavy atom. The molecule has 0 saturated carbocycles. The molecule has 0 spiro atoms. The summed E-state index contributed by atoms with van der Waals surface area (Å²) in [6.45, 7) is 0. The van der Waals surface area contributed by atoms with Crippen LogP contribution in [0.25, 0.3) is 0 Å². The fourth-order valence-electron chi connectivity index (χ4n) is 4.58. The molecule has 226 valence electrons.